The summed E-state index contributed by atoms with van der Waals surface area (Å²) < 4.78 is 0. The molecule has 0 spiro atoms. The third-order valence-corrected chi connectivity index (χ3v) is 5.46. The largest absolute Gasteiger partial charge is 0.480 e. The van der Waals surface area contributed by atoms with Gasteiger partial charge in [0.25, 0.3) is 0 Å². The molecule has 0 aliphatic heterocycles. The van der Waals surface area contributed by atoms with Crippen LogP contribution in [0.4, 0.5) is 5.82 Å². The minimum atomic E-state index is -0.840. The number of aromatic nitrogens is 2. The molecule has 0 saturated heterocycles. The molecular weight excluding hydrogens is 348 g/mol. The van der Waals surface area contributed by atoms with Crippen LogP contribution in [0.5, 0.6) is 0 Å². The highest BCUT2D eigenvalue weighted by atomic mass is 35.5. The van der Waals surface area contributed by atoms with Crippen molar-refractivity contribution in [1.82, 2.24) is 15.3 Å². The molecule has 0 fully saturated rings. The van der Waals surface area contributed by atoms with E-state index in [0.29, 0.717) is 24.6 Å². The van der Waals surface area contributed by atoms with Gasteiger partial charge in [0.1, 0.15) is 22.5 Å². The average Bonchev–Trinajstić information content (AvgIpc) is 2.89. The molecule has 3 rings (SSSR count). The number of nitrogen functional groups attached to an aromatic ring is 1. The van der Waals surface area contributed by atoms with E-state index in [2.05, 4.69) is 15.3 Å². The lowest BCUT2D eigenvalue weighted by Crippen LogP contribution is -2.36. The molecule has 2 heterocycles. The minimum absolute atomic E-state index is 0. The quantitative estimate of drug-likeness (QED) is 0.722. The zero-order valence-corrected chi connectivity index (χ0v) is 15.3. The summed E-state index contributed by atoms with van der Waals surface area (Å²) in [7, 11) is 0. The molecule has 1 unspecified atom stereocenters. The van der Waals surface area contributed by atoms with Gasteiger partial charge in [0.15, 0.2) is 0 Å². The maximum atomic E-state index is 11.2. The van der Waals surface area contributed by atoms with Gasteiger partial charge in [0.05, 0.1) is 11.9 Å². The van der Waals surface area contributed by atoms with Crippen molar-refractivity contribution in [2.24, 2.45) is 0 Å². The Balaban J connectivity index is 0.00000208. The Morgan fingerprint density at radius 3 is 2.83 bits per heavy atom. The Morgan fingerprint density at radius 2 is 2.12 bits per heavy atom. The minimum Gasteiger partial charge on any atom is -0.480 e. The predicted octanol–water partition coefficient (Wildman–Crippen LogP) is 2.92. The highest BCUT2D eigenvalue weighted by Gasteiger charge is 2.21. The van der Waals surface area contributed by atoms with Crippen molar-refractivity contribution in [3.63, 3.8) is 0 Å². The van der Waals surface area contributed by atoms with Gasteiger partial charge in [0, 0.05) is 4.88 Å². The summed E-state index contributed by atoms with van der Waals surface area (Å²) in [5.41, 5.74) is 7.48. The number of thiophene rings is 1. The number of rotatable bonds is 6. The summed E-state index contributed by atoms with van der Waals surface area (Å²) in [6.45, 7) is 2.29. The lowest BCUT2D eigenvalue weighted by molar-refractivity contribution is -0.139. The number of carboxylic acids is 1. The number of anilines is 1. The zero-order chi connectivity index (χ0) is 16.4. The fraction of sp³-hybridized carbons (Fsp3) is 0.562. The number of nitrogens with one attached hydrogen (secondary N) is 1. The van der Waals surface area contributed by atoms with Crippen LogP contribution in [0.15, 0.2) is 0 Å². The molecule has 0 saturated carbocycles. The molecule has 0 amide bonds. The summed E-state index contributed by atoms with van der Waals surface area (Å²) in [6, 6.07) is -0.572. The number of aliphatic carboxylic acids is 1. The second kappa shape index (κ2) is 8.09. The molecular formula is C16H23ClN4O2S. The fourth-order valence-corrected chi connectivity index (χ4v) is 4.41. The molecule has 1 aliphatic rings. The smallest absolute Gasteiger partial charge is 0.320 e. The van der Waals surface area contributed by atoms with Crippen LogP contribution in [-0.4, -0.2) is 27.1 Å². The standard InChI is InChI=1S/C16H22N4O2S.ClH/c1-2-5-10(16(21)22)18-8-12-19-14(17)13-9-6-3-4-7-11(9)23-15(13)20-12;/h10,18H,2-8H2,1H3,(H,21,22)(H2,17,19,20);1H. The molecule has 1 atom stereocenters. The van der Waals surface area contributed by atoms with Gasteiger partial charge in [-0.15, -0.1) is 23.7 Å². The van der Waals surface area contributed by atoms with Crippen molar-refractivity contribution < 1.29 is 9.90 Å². The number of nitrogens with two attached hydrogens (primary N) is 1. The van der Waals surface area contributed by atoms with Crippen LogP contribution in [0.3, 0.4) is 0 Å². The number of carbonyl (C=O) groups is 1. The number of nitrogens with zero attached hydrogens (tertiary/aromatic N) is 2. The van der Waals surface area contributed by atoms with Crippen molar-refractivity contribution in [3.05, 3.63) is 16.3 Å². The van der Waals surface area contributed by atoms with Crippen LogP contribution in [-0.2, 0) is 24.2 Å². The molecule has 132 valence electrons. The van der Waals surface area contributed by atoms with Crippen LogP contribution in [0.1, 0.15) is 48.9 Å². The fourth-order valence-electron chi connectivity index (χ4n) is 3.13. The molecule has 0 radical (unpaired) electrons. The van der Waals surface area contributed by atoms with Crippen molar-refractivity contribution in [2.45, 2.75) is 58.0 Å². The van der Waals surface area contributed by atoms with E-state index < -0.39 is 12.0 Å². The third kappa shape index (κ3) is 3.79. The number of aryl methyl sites for hydroxylation is 2. The van der Waals surface area contributed by atoms with Crippen LogP contribution in [0, 0.1) is 0 Å². The maximum Gasteiger partial charge on any atom is 0.320 e. The molecule has 2 aromatic rings. The van der Waals surface area contributed by atoms with Crippen molar-refractivity contribution in [1.29, 1.82) is 0 Å². The van der Waals surface area contributed by atoms with Gasteiger partial charge >= 0.3 is 5.97 Å². The monoisotopic (exact) mass is 370 g/mol. The third-order valence-electron chi connectivity index (χ3n) is 4.27. The van der Waals surface area contributed by atoms with Crippen molar-refractivity contribution in [2.75, 3.05) is 5.73 Å². The first-order chi connectivity index (χ1) is 11.1. The van der Waals surface area contributed by atoms with E-state index in [9.17, 15) is 9.90 Å². The van der Waals surface area contributed by atoms with Crippen molar-refractivity contribution in [3.8, 4) is 0 Å². The van der Waals surface area contributed by atoms with Gasteiger partial charge in [0.2, 0.25) is 0 Å². The molecule has 8 heteroatoms. The second-order valence-electron chi connectivity index (χ2n) is 5.98. The van der Waals surface area contributed by atoms with Gasteiger partial charge in [-0.2, -0.15) is 0 Å². The highest BCUT2D eigenvalue weighted by molar-refractivity contribution is 7.19. The van der Waals surface area contributed by atoms with Gasteiger partial charge in [-0.05, 0) is 37.7 Å². The first-order valence-corrected chi connectivity index (χ1v) is 8.94. The Bertz CT molecular complexity index is 734. The average molecular weight is 371 g/mol. The van der Waals surface area contributed by atoms with E-state index in [0.717, 1.165) is 29.5 Å². The summed E-state index contributed by atoms with van der Waals surface area (Å²) in [5, 5.41) is 13.2. The number of hydrogen-bond acceptors (Lipinski definition) is 6. The van der Waals surface area contributed by atoms with Gasteiger partial charge < -0.3 is 10.8 Å². The highest BCUT2D eigenvalue weighted by Crippen LogP contribution is 2.37. The van der Waals surface area contributed by atoms with E-state index in [4.69, 9.17) is 5.73 Å². The summed E-state index contributed by atoms with van der Waals surface area (Å²) in [5.74, 6) is 0.247. The summed E-state index contributed by atoms with van der Waals surface area (Å²) in [6.07, 6.45) is 5.96. The van der Waals surface area contributed by atoms with E-state index in [-0.39, 0.29) is 12.4 Å². The van der Waals surface area contributed by atoms with Crippen LogP contribution in [0.2, 0.25) is 0 Å². The molecule has 4 N–H and O–H groups in total. The molecule has 0 aromatic carbocycles. The predicted molar refractivity (Wildman–Crippen MR) is 98.9 cm³/mol. The van der Waals surface area contributed by atoms with E-state index in [1.807, 2.05) is 6.92 Å². The lowest BCUT2D eigenvalue weighted by Gasteiger charge is -2.13. The molecule has 2 aromatic heterocycles. The zero-order valence-electron chi connectivity index (χ0n) is 13.7. The summed E-state index contributed by atoms with van der Waals surface area (Å²) in [4.78, 5) is 22.5. The number of carboxylic acid groups (broad SMARTS) is 1. The van der Waals surface area contributed by atoms with E-state index in [1.54, 1.807) is 11.3 Å². The topological polar surface area (TPSA) is 101 Å². The van der Waals surface area contributed by atoms with Crippen LogP contribution < -0.4 is 11.1 Å². The first kappa shape index (κ1) is 18.9. The van der Waals surface area contributed by atoms with Gasteiger partial charge in [-0.25, -0.2) is 9.97 Å². The van der Waals surface area contributed by atoms with Crippen LogP contribution in [0.25, 0.3) is 10.2 Å². The van der Waals surface area contributed by atoms with Gasteiger partial charge in [-0.1, -0.05) is 13.3 Å². The second-order valence-corrected chi connectivity index (χ2v) is 7.06. The molecule has 0 bridgehead atoms. The van der Waals surface area contributed by atoms with Crippen molar-refractivity contribution >= 4 is 45.7 Å². The first-order valence-electron chi connectivity index (χ1n) is 8.13. The Labute approximate surface area is 151 Å². The molecule has 6 nitrogen and oxygen atoms in total. The molecule has 1 aliphatic carbocycles. The Morgan fingerprint density at radius 1 is 1.38 bits per heavy atom. The van der Waals surface area contributed by atoms with Gasteiger partial charge in [-0.3, -0.25) is 10.1 Å². The lowest BCUT2D eigenvalue weighted by atomic mass is 9.97. The number of halogens is 1. The van der Waals surface area contributed by atoms with E-state index >= 15 is 0 Å². The SMILES string of the molecule is CCCC(NCc1nc(N)c2c3c(sc2n1)CCCC3)C(=O)O.Cl. The normalized spacial score (nSPS) is 14.9. The maximum absolute atomic E-state index is 11.2. The van der Waals surface area contributed by atoms with E-state index in [1.165, 1.54) is 23.3 Å². The Hall–Kier alpha value is -1.44. The Kier molecular flexibility index (Phi) is 6.37. The van der Waals surface area contributed by atoms with Crippen LogP contribution >= 0.6 is 23.7 Å². The summed E-state index contributed by atoms with van der Waals surface area (Å²) >= 11 is 1.70. The molecule has 24 heavy (non-hydrogen) atoms. The number of hydrogen-bond donors (Lipinski definition) is 3. The number of fused-ring (bicyclic) bond motifs is 3.